The lowest BCUT2D eigenvalue weighted by Gasteiger charge is -2.11. The zero-order valence-corrected chi connectivity index (χ0v) is 7.29. The average Bonchev–Trinajstić information content (AvgIpc) is 2.84. The molecule has 1 aromatic rings. The van der Waals surface area contributed by atoms with Crippen molar-refractivity contribution in [2.24, 2.45) is 5.92 Å². The molecule has 13 heavy (non-hydrogen) atoms. The molecule has 1 heterocycles. The summed E-state index contributed by atoms with van der Waals surface area (Å²) in [6, 6.07) is 10.3. The van der Waals surface area contributed by atoms with E-state index < -0.39 is 0 Å². The van der Waals surface area contributed by atoms with E-state index in [1.807, 2.05) is 18.2 Å². The summed E-state index contributed by atoms with van der Waals surface area (Å²) in [5, 5.41) is 7.76. The molecule has 0 radical (unpaired) electrons. The van der Waals surface area contributed by atoms with Gasteiger partial charge in [-0.3, -0.25) is 5.41 Å². The van der Waals surface area contributed by atoms with Gasteiger partial charge in [-0.25, -0.2) is 0 Å². The van der Waals surface area contributed by atoms with Crippen molar-refractivity contribution in [3.05, 3.63) is 35.9 Å². The van der Waals surface area contributed by atoms with Gasteiger partial charge in [-0.05, 0) is 12.0 Å². The molecule has 2 heteroatoms. The number of hydrogen-bond donors (Lipinski definition) is 1. The van der Waals surface area contributed by atoms with E-state index in [-0.39, 0.29) is 5.41 Å². The van der Waals surface area contributed by atoms with E-state index in [4.69, 9.17) is 10.1 Å². The fraction of sp³-hybridized carbons (Fsp3) is 0.364. The van der Waals surface area contributed by atoms with Crippen molar-refractivity contribution in [1.82, 2.24) is 0 Å². The number of benzene rings is 1. The van der Waals surface area contributed by atoms with E-state index in [0.29, 0.717) is 11.8 Å². The van der Waals surface area contributed by atoms with Crippen LogP contribution >= 0.6 is 0 Å². The second-order valence-corrected chi connectivity index (χ2v) is 3.88. The predicted molar refractivity (Wildman–Crippen MR) is 49.9 cm³/mol. The summed E-state index contributed by atoms with van der Waals surface area (Å²) in [5.41, 5.74) is 1.23. The van der Waals surface area contributed by atoms with Gasteiger partial charge in [0.05, 0.1) is 12.0 Å². The Morgan fingerprint density at radius 2 is 2.08 bits per heavy atom. The van der Waals surface area contributed by atoms with Gasteiger partial charge in [0, 0.05) is 5.92 Å². The molecule has 2 atom stereocenters. The van der Waals surface area contributed by atoms with Gasteiger partial charge in [-0.1, -0.05) is 30.3 Å². The Bertz CT molecular complexity index is 360. The van der Waals surface area contributed by atoms with Crippen LogP contribution in [0, 0.1) is 11.3 Å². The maximum Gasteiger partial charge on any atom is 0.191 e. The van der Waals surface area contributed by atoms with E-state index in [1.165, 1.54) is 5.56 Å². The molecule has 1 aromatic carbocycles. The Morgan fingerprint density at radius 3 is 2.62 bits per heavy atom. The first-order valence-electron chi connectivity index (χ1n) is 4.61. The predicted octanol–water partition coefficient (Wildman–Crippen LogP) is 1.95. The van der Waals surface area contributed by atoms with Crippen LogP contribution in [-0.2, 0) is 10.2 Å². The van der Waals surface area contributed by atoms with Crippen molar-refractivity contribution >= 4 is 5.90 Å². The minimum atomic E-state index is -0.0265. The zero-order chi connectivity index (χ0) is 8.89. The van der Waals surface area contributed by atoms with Crippen LogP contribution in [0.3, 0.4) is 0 Å². The van der Waals surface area contributed by atoms with Gasteiger partial charge in [0.15, 0.2) is 5.90 Å². The topological polar surface area (TPSA) is 33.1 Å². The lowest BCUT2D eigenvalue weighted by Crippen LogP contribution is -2.17. The van der Waals surface area contributed by atoms with E-state index in [2.05, 4.69) is 12.1 Å². The third-order valence-corrected chi connectivity index (χ3v) is 3.23. The first kappa shape index (κ1) is 7.13. The van der Waals surface area contributed by atoms with Crippen molar-refractivity contribution in [3.63, 3.8) is 0 Å². The quantitative estimate of drug-likeness (QED) is 0.691. The summed E-state index contributed by atoms with van der Waals surface area (Å²) in [4.78, 5) is 0. The molecular formula is C11H11NO. The zero-order valence-electron chi connectivity index (χ0n) is 7.29. The van der Waals surface area contributed by atoms with Crippen LogP contribution in [0.1, 0.15) is 12.0 Å². The van der Waals surface area contributed by atoms with E-state index in [1.54, 1.807) is 0 Å². The lowest BCUT2D eigenvalue weighted by atomic mass is 9.94. The number of fused-ring (bicyclic) bond motifs is 1. The molecule has 1 aliphatic carbocycles. The van der Waals surface area contributed by atoms with Crippen LogP contribution in [-0.4, -0.2) is 12.5 Å². The van der Waals surface area contributed by atoms with E-state index in [9.17, 15) is 0 Å². The smallest absolute Gasteiger partial charge is 0.191 e. The van der Waals surface area contributed by atoms with Crippen molar-refractivity contribution in [2.75, 3.05) is 6.61 Å². The van der Waals surface area contributed by atoms with Crippen LogP contribution in [0.2, 0.25) is 0 Å². The summed E-state index contributed by atoms with van der Waals surface area (Å²) in [6.07, 6.45) is 1.11. The Hall–Kier alpha value is -1.31. The minimum absolute atomic E-state index is 0.0265. The van der Waals surface area contributed by atoms with Crippen LogP contribution in [0.15, 0.2) is 30.3 Å². The number of rotatable bonds is 1. The molecule has 1 N–H and O–H groups in total. The maximum atomic E-state index is 7.76. The summed E-state index contributed by atoms with van der Waals surface area (Å²) >= 11 is 0. The largest absolute Gasteiger partial charge is 0.480 e. The fourth-order valence-corrected chi connectivity index (χ4v) is 2.34. The Balaban J connectivity index is 2.07. The highest BCUT2D eigenvalue weighted by Gasteiger charge is 2.64. The second-order valence-electron chi connectivity index (χ2n) is 3.88. The highest BCUT2D eigenvalue weighted by Crippen LogP contribution is 2.58. The normalized spacial score (nSPS) is 35.4. The summed E-state index contributed by atoms with van der Waals surface area (Å²) < 4.78 is 5.26. The van der Waals surface area contributed by atoms with Gasteiger partial charge < -0.3 is 4.74 Å². The Kier molecular flexibility index (Phi) is 1.17. The van der Waals surface area contributed by atoms with Crippen LogP contribution < -0.4 is 0 Å². The summed E-state index contributed by atoms with van der Waals surface area (Å²) in [5.74, 6) is 1.05. The lowest BCUT2D eigenvalue weighted by molar-refractivity contribution is 0.310. The van der Waals surface area contributed by atoms with E-state index >= 15 is 0 Å². The molecule has 1 saturated carbocycles. The highest BCUT2D eigenvalue weighted by molar-refractivity contribution is 5.91. The standard InChI is InChI=1S/C11H11NO/c12-10-11(6-9(11)7-13-10)8-4-2-1-3-5-8/h1-5,9,12H,6-7H2/t9?,11-/m0/s1. The van der Waals surface area contributed by atoms with E-state index in [0.717, 1.165) is 13.0 Å². The summed E-state index contributed by atoms with van der Waals surface area (Å²) in [7, 11) is 0. The molecule has 3 rings (SSSR count). The Morgan fingerprint density at radius 1 is 1.31 bits per heavy atom. The first-order chi connectivity index (χ1) is 6.34. The molecule has 2 nitrogen and oxygen atoms in total. The first-order valence-corrected chi connectivity index (χ1v) is 4.61. The summed E-state index contributed by atoms with van der Waals surface area (Å²) in [6.45, 7) is 0.744. The molecule has 0 aromatic heterocycles. The minimum Gasteiger partial charge on any atom is -0.480 e. The maximum absolute atomic E-state index is 7.76. The molecule has 1 unspecified atom stereocenters. The van der Waals surface area contributed by atoms with Gasteiger partial charge >= 0.3 is 0 Å². The molecule has 0 spiro atoms. The molecule has 2 aliphatic rings. The van der Waals surface area contributed by atoms with Crippen LogP contribution in [0.4, 0.5) is 0 Å². The molecular weight excluding hydrogens is 162 g/mol. The SMILES string of the molecule is N=C1OCC2C[C@@]12c1ccccc1. The molecule has 0 bridgehead atoms. The second kappa shape index (κ2) is 2.13. The molecule has 2 fully saturated rings. The van der Waals surface area contributed by atoms with Crippen molar-refractivity contribution in [1.29, 1.82) is 5.41 Å². The molecule has 66 valence electrons. The third-order valence-electron chi connectivity index (χ3n) is 3.23. The Labute approximate surface area is 77.0 Å². The molecule has 1 aliphatic heterocycles. The average molecular weight is 173 g/mol. The van der Waals surface area contributed by atoms with Gasteiger partial charge in [-0.2, -0.15) is 0 Å². The highest BCUT2D eigenvalue weighted by atomic mass is 16.5. The van der Waals surface area contributed by atoms with Gasteiger partial charge in [0.25, 0.3) is 0 Å². The van der Waals surface area contributed by atoms with Crippen LogP contribution in [0.25, 0.3) is 0 Å². The molecule has 0 amide bonds. The molecule has 1 saturated heterocycles. The van der Waals surface area contributed by atoms with Crippen molar-refractivity contribution in [3.8, 4) is 0 Å². The van der Waals surface area contributed by atoms with Gasteiger partial charge in [0.1, 0.15) is 0 Å². The van der Waals surface area contributed by atoms with Crippen LogP contribution in [0.5, 0.6) is 0 Å². The van der Waals surface area contributed by atoms with Gasteiger partial charge in [0.2, 0.25) is 0 Å². The van der Waals surface area contributed by atoms with Crippen molar-refractivity contribution in [2.45, 2.75) is 11.8 Å². The third kappa shape index (κ3) is 0.755. The number of ether oxygens (including phenoxy) is 1. The number of hydrogen-bond acceptors (Lipinski definition) is 2. The number of nitrogens with one attached hydrogen (secondary N) is 1. The van der Waals surface area contributed by atoms with Crippen molar-refractivity contribution < 1.29 is 4.74 Å². The van der Waals surface area contributed by atoms with Gasteiger partial charge in [-0.15, -0.1) is 0 Å². The monoisotopic (exact) mass is 173 g/mol. The fourth-order valence-electron chi connectivity index (χ4n) is 2.34.